The van der Waals surface area contributed by atoms with Crippen LogP contribution in [0.15, 0.2) is 37.3 Å². The molecular formula is C12H7BrN2O2S2. The van der Waals surface area contributed by atoms with Gasteiger partial charge in [-0.2, -0.15) is 5.26 Å². The van der Waals surface area contributed by atoms with Crippen LogP contribution in [0.5, 0.6) is 0 Å². The normalized spacial score (nSPS) is 10.1. The Balaban J connectivity index is 2.22. The summed E-state index contributed by atoms with van der Waals surface area (Å²) in [5, 5.41) is 19.5. The molecule has 0 aliphatic rings. The highest BCUT2D eigenvalue weighted by atomic mass is 79.9. The predicted molar refractivity (Wildman–Crippen MR) is 76.4 cm³/mol. The number of benzene rings is 1. The maximum atomic E-state index is 10.6. The van der Waals surface area contributed by atoms with Crippen LogP contribution >= 0.6 is 39.0 Å². The van der Waals surface area contributed by atoms with Crippen molar-refractivity contribution in [1.29, 1.82) is 5.26 Å². The van der Waals surface area contributed by atoms with Crippen molar-refractivity contribution in [2.75, 3.05) is 0 Å². The molecule has 0 spiro atoms. The van der Waals surface area contributed by atoms with Gasteiger partial charge >= 0.3 is 5.97 Å². The summed E-state index contributed by atoms with van der Waals surface area (Å²) in [4.78, 5) is 15.6. The summed E-state index contributed by atoms with van der Waals surface area (Å²) >= 11 is 6.07. The highest BCUT2D eigenvalue weighted by Crippen LogP contribution is 2.35. The van der Waals surface area contributed by atoms with Gasteiger partial charge in [-0.25, -0.2) is 4.98 Å². The number of aromatic nitrogens is 1. The van der Waals surface area contributed by atoms with E-state index in [2.05, 4.69) is 27.0 Å². The average Bonchev–Trinajstić information content (AvgIpc) is 2.76. The van der Waals surface area contributed by atoms with Gasteiger partial charge in [-0.1, -0.05) is 17.8 Å². The monoisotopic (exact) mass is 354 g/mol. The fourth-order valence-corrected chi connectivity index (χ4v) is 3.85. The van der Waals surface area contributed by atoms with Crippen LogP contribution in [-0.4, -0.2) is 16.1 Å². The van der Waals surface area contributed by atoms with Crippen molar-refractivity contribution in [2.24, 2.45) is 0 Å². The summed E-state index contributed by atoms with van der Waals surface area (Å²) in [6, 6.07) is 7.63. The van der Waals surface area contributed by atoms with Crippen molar-refractivity contribution in [1.82, 2.24) is 4.98 Å². The average molecular weight is 355 g/mol. The second kappa shape index (κ2) is 6.19. The lowest BCUT2D eigenvalue weighted by atomic mass is 10.2. The lowest BCUT2D eigenvalue weighted by Crippen LogP contribution is -1.99. The summed E-state index contributed by atoms with van der Waals surface area (Å²) in [5.74, 6) is -0.901. The second-order valence-electron chi connectivity index (χ2n) is 3.50. The molecule has 0 saturated carbocycles. The van der Waals surface area contributed by atoms with E-state index >= 15 is 0 Å². The van der Waals surface area contributed by atoms with E-state index in [1.165, 1.54) is 23.1 Å². The number of nitriles is 1. The Kier molecular flexibility index (Phi) is 4.58. The number of rotatable bonds is 4. The van der Waals surface area contributed by atoms with Crippen molar-refractivity contribution in [2.45, 2.75) is 15.7 Å². The molecule has 19 heavy (non-hydrogen) atoms. The topological polar surface area (TPSA) is 74.0 Å². The van der Waals surface area contributed by atoms with Gasteiger partial charge in [0.2, 0.25) is 0 Å². The first kappa shape index (κ1) is 14.1. The molecule has 4 nitrogen and oxygen atoms in total. The maximum absolute atomic E-state index is 10.6. The zero-order valence-corrected chi connectivity index (χ0v) is 12.7. The van der Waals surface area contributed by atoms with E-state index in [4.69, 9.17) is 10.4 Å². The molecule has 0 aliphatic heterocycles. The number of thiazole rings is 1. The summed E-state index contributed by atoms with van der Waals surface area (Å²) in [7, 11) is 0. The fraction of sp³-hybridized carbons (Fsp3) is 0.0833. The molecule has 1 heterocycles. The quantitative estimate of drug-likeness (QED) is 0.908. The van der Waals surface area contributed by atoms with Crippen LogP contribution in [0.2, 0.25) is 0 Å². The van der Waals surface area contributed by atoms with Gasteiger partial charge in [0.15, 0.2) is 4.34 Å². The predicted octanol–water partition coefficient (Wildman–Crippen LogP) is 3.56. The van der Waals surface area contributed by atoms with E-state index in [0.29, 0.717) is 11.3 Å². The molecule has 7 heteroatoms. The zero-order valence-electron chi connectivity index (χ0n) is 9.46. The molecule has 2 aromatic rings. The first-order valence-corrected chi connectivity index (χ1v) is 7.61. The van der Waals surface area contributed by atoms with Crippen molar-refractivity contribution in [3.63, 3.8) is 0 Å². The van der Waals surface area contributed by atoms with Crippen LogP contribution in [0.3, 0.4) is 0 Å². The smallest absolute Gasteiger partial charge is 0.309 e. The summed E-state index contributed by atoms with van der Waals surface area (Å²) in [6.45, 7) is 0. The first-order valence-electron chi connectivity index (χ1n) is 5.13. The number of carboxylic acids is 1. The van der Waals surface area contributed by atoms with Gasteiger partial charge in [0.25, 0.3) is 0 Å². The van der Waals surface area contributed by atoms with Gasteiger partial charge in [-0.15, -0.1) is 11.3 Å². The molecule has 0 saturated heterocycles. The van der Waals surface area contributed by atoms with Crippen molar-refractivity contribution < 1.29 is 9.90 Å². The lowest BCUT2D eigenvalue weighted by molar-refractivity contribution is -0.136. The maximum Gasteiger partial charge on any atom is 0.309 e. The molecule has 96 valence electrons. The molecule has 1 aromatic heterocycles. The minimum absolute atomic E-state index is 0.0827. The van der Waals surface area contributed by atoms with Crippen LogP contribution in [0.25, 0.3) is 0 Å². The molecule has 0 aliphatic carbocycles. The molecule has 1 aromatic carbocycles. The Labute approximate surface area is 126 Å². The molecule has 0 amide bonds. The first-order chi connectivity index (χ1) is 9.10. The third kappa shape index (κ3) is 3.56. The molecule has 0 bridgehead atoms. The summed E-state index contributed by atoms with van der Waals surface area (Å²) < 4.78 is 1.47. The number of hydrogen-bond acceptors (Lipinski definition) is 5. The summed E-state index contributed by atoms with van der Waals surface area (Å²) in [5.41, 5.74) is 1.09. The zero-order chi connectivity index (χ0) is 13.8. The third-order valence-corrected chi connectivity index (χ3v) is 4.86. The van der Waals surface area contributed by atoms with Crippen LogP contribution in [-0.2, 0) is 11.2 Å². The minimum Gasteiger partial charge on any atom is -0.481 e. The van der Waals surface area contributed by atoms with Gasteiger partial charge in [0.05, 0.1) is 17.7 Å². The minimum atomic E-state index is -0.901. The fourth-order valence-electron chi connectivity index (χ4n) is 1.36. The van der Waals surface area contributed by atoms with E-state index in [1.54, 1.807) is 11.4 Å². The molecule has 2 rings (SSSR count). The largest absolute Gasteiger partial charge is 0.481 e. The molecule has 0 radical (unpaired) electrons. The van der Waals surface area contributed by atoms with Gasteiger partial charge in [-0.05, 0) is 28.1 Å². The number of nitrogens with zero attached hydrogens (tertiary/aromatic N) is 2. The molecule has 1 N–H and O–H groups in total. The Bertz CT molecular complexity index is 664. The van der Waals surface area contributed by atoms with Gasteiger partial charge in [0, 0.05) is 14.7 Å². The van der Waals surface area contributed by atoms with Crippen LogP contribution < -0.4 is 0 Å². The third-order valence-electron chi connectivity index (χ3n) is 2.15. The van der Waals surface area contributed by atoms with E-state index < -0.39 is 5.97 Å². The van der Waals surface area contributed by atoms with Crippen molar-refractivity contribution in [3.05, 3.63) is 39.3 Å². The SMILES string of the molecule is N#Cc1c(Br)cccc1Sc1nc(CC(=O)O)cs1. The van der Waals surface area contributed by atoms with Crippen LogP contribution in [0.4, 0.5) is 0 Å². The van der Waals surface area contributed by atoms with E-state index in [0.717, 1.165) is 13.7 Å². The standard InChI is InChI=1S/C12H7BrN2O2S2/c13-9-2-1-3-10(8(9)5-14)19-12-15-7(6-18-12)4-11(16)17/h1-3,6H,4H2,(H,16,17). The number of halogens is 1. The second-order valence-corrected chi connectivity index (χ2v) is 6.50. The Morgan fingerprint density at radius 2 is 2.37 bits per heavy atom. The lowest BCUT2D eigenvalue weighted by Gasteiger charge is -2.02. The Morgan fingerprint density at radius 1 is 1.58 bits per heavy atom. The van der Waals surface area contributed by atoms with E-state index in [-0.39, 0.29) is 6.42 Å². The van der Waals surface area contributed by atoms with Gasteiger partial charge in [0.1, 0.15) is 6.07 Å². The van der Waals surface area contributed by atoms with Crippen molar-refractivity contribution >= 4 is 45.0 Å². The van der Waals surface area contributed by atoms with Crippen LogP contribution in [0.1, 0.15) is 11.3 Å². The van der Waals surface area contributed by atoms with E-state index in [1.807, 2.05) is 12.1 Å². The number of carbonyl (C=O) groups is 1. The molecule has 0 atom stereocenters. The molecular weight excluding hydrogens is 348 g/mol. The molecule has 0 unspecified atom stereocenters. The Hall–Kier alpha value is -1.36. The summed E-state index contributed by atoms with van der Waals surface area (Å²) in [6.07, 6.45) is -0.0827. The van der Waals surface area contributed by atoms with Crippen molar-refractivity contribution in [3.8, 4) is 6.07 Å². The van der Waals surface area contributed by atoms with Crippen LogP contribution in [0, 0.1) is 11.3 Å². The van der Waals surface area contributed by atoms with Gasteiger partial charge in [-0.3, -0.25) is 4.79 Å². The Morgan fingerprint density at radius 3 is 3.05 bits per heavy atom. The number of carboxylic acid groups (broad SMARTS) is 1. The molecule has 0 fully saturated rings. The van der Waals surface area contributed by atoms with E-state index in [9.17, 15) is 4.79 Å². The van der Waals surface area contributed by atoms with Gasteiger partial charge < -0.3 is 5.11 Å². The number of aliphatic carboxylic acids is 1. The highest BCUT2D eigenvalue weighted by molar-refractivity contribution is 9.10. The number of hydrogen-bond donors (Lipinski definition) is 1. The highest BCUT2D eigenvalue weighted by Gasteiger charge is 2.11.